The van der Waals surface area contributed by atoms with E-state index in [1.54, 1.807) is 0 Å². The fourth-order valence-corrected chi connectivity index (χ4v) is 3.89. The van der Waals surface area contributed by atoms with Gasteiger partial charge in [0.05, 0.1) is 5.92 Å². The van der Waals surface area contributed by atoms with Gasteiger partial charge in [-0.05, 0) is 30.1 Å². The summed E-state index contributed by atoms with van der Waals surface area (Å²) in [5.74, 6) is 3.46. The Kier molecular flexibility index (Phi) is 0.690. The van der Waals surface area contributed by atoms with Crippen molar-refractivity contribution in [3.8, 4) is 0 Å². The van der Waals surface area contributed by atoms with Gasteiger partial charge in [-0.3, -0.25) is 9.59 Å². The third-order valence-corrected chi connectivity index (χ3v) is 4.47. The van der Waals surface area contributed by atoms with E-state index in [-0.39, 0.29) is 11.7 Å². The first-order valence-corrected chi connectivity index (χ1v) is 4.85. The maximum atomic E-state index is 11.7. The lowest BCUT2D eigenvalue weighted by atomic mass is 9.85. The largest absolute Gasteiger partial charge is 0.299 e. The van der Waals surface area contributed by atoms with Crippen molar-refractivity contribution >= 4 is 11.6 Å². The van der Waals surface area contributed by atoms with Crippen LogP contribution in [-0.2, 0) is 9.59 Å². The molecule has 0 aromatic carbocycles. The number of hydrogen-bond donors (Lipinski definition) is 0. The lowest BCUT2D eigenvalue weighted by Crippen LogP contribution is -2.29. The molecule has 4 saturated carbocycles. The van der Waals surface area contributed by atoms with Gasteiger partial charge in [0.1, 0.15) is 11.6 Å². The molecule has 0 N–H and O–H groups in total. The summed E-state index contributed by atoms with van der Waals surface area (Å²) in [6.45, 7) is 0. The lowest BCUT2D eigenvalue weighted by molar-refractivity contribution is -0.134. The van der Waals surface area contributed by atoms with Gasteiger partial charge in [0.25, 0.3) is 0 Å². The Hall–Kier alpha value is -0.660. The van der Waals surface area contributed by atoms with E-state index >= 15 is 0 Å². The van der Waals surface area contributed by atoms with Gasteiger partial charge in [-0.15, -0.1) is 0 Å². The minimum absolute atomic E-state index is 0.122. The predicted octanol–water partition coefficient (Wildman–Crippen LogP) is 0.656. The van der Waals surface area contributed by atoms with Gasteiger partial charge in [-0.2, -0.15) is 0 Å². The van der Waals surface area contributed by atoms with Crippen molar-refractivity contribution in [2.75, 3.05) is 0 Å². The molecule has 4 aliphatic rings. The minimum atomic E-state index is -0.122. The smallest absolute Gasteiger partial charge is 0.146 e. The number of carbonyl (C=O) groups is 2. The van der Waals surface area contributed by atoms with E-state index in [9.17, 15) is 9.59 Å². The molecule has 0 saturated heterocycles. The minimum Gasteiger partial charge on any atom is -0.299 e. The van der Waals surface area contributed by atoms with Crippen molar-refractivity contribution in [1.82, 2.24) is 0 Å². The molecule has 0 heterocycles. The summed E-state index contributed by atoms with van der Waals surface area (Å²) >= 11 is 0. The van der Waals surface area contributed by atoms with E-state index in [2.05, 4.69) is 0 Å². The van der Waals surface area contributed by atoms with Crippen LogP contribution in [0.1, 0.15) is 12.8 Å². The predicted molar refractivity (Wildman–Crippen MR) is 40.2 cm³/mol. The van der Waals surface area contributed by atoms with Crippen molar-refractivity contribution in [1.29, 1.82) is 0 Å². The van der Waals surface area contributed by atoms with E-state index in [4.69, 9.17) is 0 Å². The SMILES string of the molecule is O=C1CC2C3C1C(=O)C1CC1C23. The van der Waals surface area contributed by atoms with E-state index < -0.39 is 0 Å². The van der Waals surface area contributed by atoms with Gasteiger partial charge in [0.15, 0.2) is 0 Å². The molecular formula is C10H10O2. The average molecular weight is 162 g/mol. The normalized spacial score (nSPS) is 64.3. The van der Waals surface area contributed by atoms with Crippen molar-refractivity contribution in [3.63, 3.8) is 0 Å². The van der Waals surface area contributed by atoms with Crippen LogP contribution >= 0.6 is 0 Å². The summed E-state index contributed by atoms with van der Waals surface area (Å²) in [6.07, 6.45) is 1.84. The average Bonchev–Trinajstić information content (AvgIpc) is 2.85. The van der Waals surface area contributed by atoms with Crippen LogP contribution < -0.4 is 0 Å². The molecule has 0 spiro atoms. The van der Waals surface area contributed by atoms with Gasteiger partial charge < -0.3 is 0 Å². The molecule has 0 bridgehead atoms. The highest BCUT2D eigenvalue weighted by molar-refractivity contribution is 6.08. The van der Waals surface area contributed by atoms with Gasteiger partial charge in [-0.1, -0.05) is 0 Å². The molecule has 0 aromatic heterocycles. The maximum Gasteiger partial charge on any atom is 0.146 e. The summed E-state index contributed by atoms with van der Waals surface area (Å²) in [4.78, 5) is 23.0. The van der Waals surface area contributed by atoms with Crippen LogP contribution in [0.25, 0.3) is 0 Å². The monoisotopic (exact) mass is 162 g/mol. The van der Waals surface area contributed by atoms with Crippen LogP contribution in [0.5, 0.6) is 0 Å². The first-order valence-electron chi connectivity index (χ1n) is 4.85. The standard InChI is InChI=1S/C10H10O2/c11-6-2-5-7-3-1-4(3)10(12)9(6)8(5)7/h3-5,7-9H,1-2H2. The highest BCUT2D eigenvalue weighted by Crippen LogP contribution is 2.73. The van der Waals surface area contributed by atoms with Gasteiger partial charge >= 0.3 is 0 Å². The Morgan fingerprint density at radius 3 is 2.75 bits per heavy atom. The zero-order valence-electron chi connectivity index (χ0n) is 6.69. The molecule has 2 nitrogen and oxygen atoms in total. The van der Waals surface area contributed by atoms with Gasteiger partial charge in [0.2, 0.25) is 0 Å². The number of ketones is 2. The fourth-order valence-electron chi connectivity index (χ4n) is 3.89. The number of Topliss-reactive ketones (excluding diaryl/α,β-unsaturated/α-hetero) is 2. The zero-order chi connectivity index (χ0) is 8.03. The number of fused-ring (bicyclic) bond motifs is 3. The fraction of sp³-hybridized carbons (Fsp3) is 0.800. The second-order valence-electron chi connectivity index (χ2n) is 4.88. The summed E-state index contributed by atoms with van der Waals surface area (Å²) in [6, 6.07) is 0. The molecule has 0 radical (unpaired) electrons. The van der Waals surface area contributed by atoms with Gasteiger partial charge in [0, 0.05) is 12.3 Å². The Morgan fingerprint density at radius 1 is 1.08 bits per heavy atom. The Balaban J connectivity index is 1.85. The molecule has 6 unspecified atom stereocenters. The highest BCUT2D eigenvalue weighted by atomic mass is 16.2. The Labute approximate surface area is 70.3 Å². The van der Waals surface area contributed by atoms with E-state index in [1.807, 2.05) is 0 Å². The molecule has 2 heteroatoms. The zero-order valence-corrected chi connectivity index (χ0v) is 6.69. The third kappa shape index (κ3) is 0.420. The van der Waals surface area contributed by atoms with Crippen molar-refractivity contribution in [2.24, 2.45) is 35.5 Å². The van der Waals surface area contributed by atoms with E-state index in [0.717, 1.165) is 24.7 Å². The van der Waals surface area contributed by atoms with Crippen molar-refractivity contribution in [2.45, 2.75) is 12.8 Å². The first-order chi connectivity index (χ1) is 5.79. The Bertz CT molecular complexity index is 320. The molecule has 4 fully saturated rings. The molecule has 4 rings (SSSR count). The quantitative estimate of drug-likeness (QED) is 0.490. The highest BCUT2D eigenvalue weighted by Gasteiger charge is 2.75. The summed E-state index contributed by atoms with van der Waals surface area (Å²) in [5.41, 5.74) is 0. The maximum absolute atomic E-state index is 11.7. The molecule has 0 amide bonds. The third-order valence-electron chi connectivity index (χ3n) is 4.47. The van der Waals surface area contributed by atoms with E-state index in [0.29, 0.717) is 23.5 Å². The van der Waals surface area contributed by atoms with Crippen LogP contribution in [0.3, 0.4) is 0 Å². The molecule has 0 aliphatic heterocycles. The van der Waals surface area contributed by atoms with Crippen molar-refractivity contribution in [3.05, 3.63) is 0 Å². The summed E-state index contributed by atoms with van der Waals surface area (Å²) < 4.78 is 0. The summed E-state index contributed by atoms with van der Waals surface area (Å²) in [7, 11) is 0. The number of carbonyl (C=O) groups excluding carboxylic acids is 2. The Morgan fingerprint density at radius 2 is 1.92 bits per heavy atom. The lowest BCUT2D eigenvalue weighted by Gasteiger charge is -2.16. The second kappa shape index (κ2) is 1.40. The molecule has 6 atom stereocenters. The molecular weight excluding hydrogens is 152 g/mol. The molecule has 4 aliphatic carbocycles. The molecule has 62 valence electrons. The number of hydrogen-bond acceptors (Lipinski definition) is 2. The van der Waals surface area contributed by atoms with E-state index in [1.165, 1.54) is 0 Å². The van der Waals surface area contributed by atoms with Crippen LogP contribution in [0.2, 0.25) is 0 Å². The summed E-state index contributed by atoms with van der Waals surface area (Å²) in [5, 5.41) is 0. The van der Waals surface area contributed by atoms with Crippen LogP contribution in [0.15, 0.2) is 0 Å². The molecule has 12 heavy (non-hydrogen) atoms. The molecule has 0 aromatic rings. The second-order valence-corrected chi connectivity index (χ2v) is 4.88. The number of rotatable bonds is 0. The van der Waals surface area contributed by atoms with Crippen LogP contribution in [0, 0.1) is 35.5 Å². The van der Waals surface area contributed by atoms with Gasteiger partial charge in [-0.25, -0.2) is 0 Å². The van der Waals surface area contributed by atoms with Crippen molar-refractivity contribution < 1.29 is 9.59 Å². The van der Waals surface area contributed by atoms with Crippen LogP contribution in [0.4, 0.5) is 0 Å². The first kappa shape index (κ1) is 5.90. The topological polar surface area (TPSA) is 34.1 Å². The van der Waals surface area contributed by atoms with Crippen LogP contribution in [-0.4, -0.2) is 11.6 Å².